The van der Waals surface area contributed by atoms with Crippen molar-refractivity contribution in [2.45, 2.75) is 76.9 Å². The molecule has 3 rings (SSSR count). The van der Waals surface area contributed by atoms with Gasteiger partial charge in [-0.25, -0.2) is 4.79 Å². The zero-order valence-electron chi connectivity index (χ0n) is 21.0. The summed E-state index contributed by atoms with van der Waals surface area (Å²) in [5, 5.41) is 13.8. The van der Waals surface area contributed by atoms with Gasteiger partial charge in [0, 0.05) is 36.8 Å². The molecule has 1 saturated carbocycles. The number of phenols is 1. The highest BCUT2D eigenvalue weighted by Gasteiger charge is 2.39. The number of benzene rings is 2. The van der Waals surface area contributed by atoms with Gasteiger partial charge in [-0.3, -0.25) is 4.79 Å². The Morgan fingerprint density at radius 1 is 1.00 bits per heavy atom. The first-order valence-corrected chi connectivity index (χ1v) is 12.0. The number of ketones is 1. The van der Waals surface area contributed by atoms with Gasteiger partial charge in [0.1, 0.15) is 11.4 Å². The minimum absolute atomic E-state index is 0.113. The summed E-state index contributed by atoms with van der Waals surface area (Å²) in [5.41, 5.74) is 1.07. The van der Waals surface area contributed by atoms with Crippen LogP contribution in [-0.2, 0) is 11.3 Å². The van der Waals surface area contributed by atoms with Crippen molar-refractivity contribution in [1.29, 1.82) is 0 Å². The van der Waals surface area contributed by atoms with E-state index in [0.29, 0.717) is 17.7 Å². The molecule has 0 radical (unpaired) electrons. The average molecular weight is 507 g/mol. The Hall–Kier alpha value is -3.07. The fraction of sp³-hybridized carbons (Fsp3) is 0.481. The van der Waals surface area contributed by atoms with Crippen molar-refractivity contribution in [1.82, 2.24) is 10.2 Å². The van der Waals surface area contributed by atoms with Crippen LogP contribution >= 0.6 is 0 Å². The molecule has 2 aromatic rings. The van der Waals surface area contributed by atoms with Crippen LogP contribution < -0.4 is 5.32 Å². The van der Waals surface area contributed by atoms with Crippen LogP contribution in [0.3, 0.4) is 0 Å². The summed E-state index contributed by atoms with van der Waals surface area (Å²) in [5.74, 6) is -1.76. The van der Waals surface area contributed by atoms with Crippen LogP contribution in [0.15, 0.2) is 42.5 Å². The number of nitrogens with one attached hydrogen (secondary N) is 1. The van der Waals surface area contributed by atoms with Crippen molar-refractivity contribution >= 4 is 11.9 Å². The number of ether oxygens (including phenoxy) is 1. The van der Waals surface area contributed by atoms with Crippen molar-refractivity contribution in [3.8, 4) is 16.9 Å². The highest BCUT2D eigenvalue weighted by Crippen LogP contribution is 2.29. The number of rotatable bonds is 6. The third kappa shape index (κ3) is 7.22. The number of halogens is 3. The van der Waals surface area contributed by atoms with Gasteiger partial charge < -0.3 is 20.1 Å². The van der Waals surface area contributed by atoms with E-state index in [1.807, 2.05) is 20.8 Å². The first kappa shape index (κ1) is 27.5. The maximum atomic E-state index is 12.6. The summed E-state index contributed by atoms with van der Waals surface area (Å²) in [6, 6.07) is 10.6. The van der Waals surface area contributed by atoms with E-state index in [0.717, 1.165) is 43.4 Å². The molecule has 36 heavy (non-hydrogen) atoms. The molecule has 0 spiro atoms. The molecule has 0 atom stereocenters. The fourth-order valence-electron chi connectivity index (χ4n) is 4.29. The summed E-state index contributed by atoms with van der Waals surface area (Å²) < 4.78 is 43.4. The van der Waals surface area contributed by atoms with Crippen LogP contribution in [0.25, 0.3) is 11.1 Å². The number of hydrogen-bond donors (Lipinski definition) is 2. The van der Waals surface area contributed by atoms with E-state index in [4.69, 9.17) is 4.74 Å². The van der Waals surface area contributed by atoms with Crippen molar-refractivity contribution in [2.24, 2.45) is 0 Å². The zero-order valence-corrected chi connectivity index (χ0v) is 21.0. The van der Waals surface area contributed by atoms with E-state index in [2.05, 4.69) is 5.32 Å². The Morgan fingerprint density at radius 3 is 2.14 bits per heavy atom. The average Bonchev–Trinajstić information content (AvgIpc) is 2.81. The molecule has 9 heteroatoms. The molecule has 0 heterocycles. The van der Waals surface area contributed by atoms with E-state index in [9.17, 15) is 27.9 Å². The SMILES string of the molecule is CN(C(=O)OC(C)(C)C)[C@H]1CC[C@H](NCc2cc(-c3ccc(C(=O)C(F)(F)F)cc3)ccc2O)CC1. The first-order valence-electron chi connectivity index (χ1n) is 12.0. The number of carbonyl (C=O) groups excluding carboxylic acids is 2. The molecule has 1 amide bonds. The van der Waals surface area contributed by atoms with Crippen LogP contribution in [0, 0.1) is 0 Å². The smallest absolute Gasteiger partial charge is 0.454 e. The van der Waals surface area contributed by atoms with Crippen molar-refractivity contribution < 1.29 is 32.6 Å². The number of Topliss-reactive ketones (excluding diaryl/α,β-unsaturated/α-hetero) is 1. The predicted octanol–water partition coefficient (Wildman–Crippen LogP) is 6.07. The van der Waals surface area contributed by atoms with Crippen molar-refractivity contribution in [3.63, 3.8) is 0 Å². The number of phenolic OH excluding ortho intramolecular Hbond substituents is 1. The summed E-state index contributed by atoms with van der Waals surface area (Å²) in [6.07, 6.45) is -1.83. The largest absolute Gasteiger partial charge is 0.508 e. The lowest BCUT2D eigenvalue weighted by Crippen LogP contribution is -2.44. The molecule has 0 bridgehead atoms. The van der Waals surface area contributed by atoms with Gasteiger partial charge in [-0.05, 0) is 69.7 Å². The van der Waals surface area contributed by atoms with Gasteiger partial charge in [0.05, 0.1) is 0 Å². The quantitative estimate of drug-likeness (QED) is 0.465. The van der Waals surface area contributed by atoms with Gasteiger partial charge in [-0.15, -0.1) is 0 Å². The molecule has 0 aliphatic heterocycles. The fourth-order valence-corrected chi connectivity index (χ4v) is 4.29. The molecule has 1 aliphatic rings. The Kier molecular flexibility index (Phi) is 8.33. The number of alkyl halides is 3. The molecule has 196 valence electrons. The summed E-state index contributed by atoms with van der Waals surface area (Å²) in [7, 11) is 1.77. The maximum Gasteiger partial charge on any atom is 0.454 e. The van der Waals surface area contributed by atoms with Gasteiger partial charge in [0.15, 0.2) is 0 Å². The van der Waals surface area contributed by atoms with E-state index >= 15 is 0 Å². The van der Waals surface area contributed by atoms with E-state index in [1.54, 1.807) is 30.1 Å². The van der Waals surface area contributed by atoms with Crippen LogP contribution in [0.1, 0.15) is 62.4 Å². The second-order valence-corrected chi connectivity index (χ2v) is 10.2. The van der Waals surface area contributed by atoms with Crippen LogP contribution in [-0.4, -0.2) is 52.8 Å². The molecule has 6 nitrogen and oxygen atoms in total. The lowest BCUT2D eigenvalue weighted by atomic mass is 9.90. The normalized spacial score (nSPS) is 18.5. The van der Waals surface area contributed by atoms with E-state index in [1.165, 1.54) is 12.1 Å². The molecular formula is C27H33F3N2O4. The molecule has 0 aromatic heterocycles. The van der Waals surface area contributed by atoms with Gasteiger partial charge in [0.25, 0.3) is 5.78 Å². The lowest BCUT2D eigenvalue weighted by molar-refractivity contribution is -0.0885. The Balaban J connectivity index is 1.57. The Labute approximate surface area is 209 Å². The number of aromatic hydroxyl groups is 1. The number of nitrogens with zero attached hydrogens (tertiary/aromatic N) is 1. The maximum absolute atomic E-state index is 12.6. The second-order valence-electron chi connectivity index (χ2n) is 10.2. The molecule has 1 aliphatic carbocycles. The minimum atomic E-state index is -4.91. The lowest BCUT2D eigenvalue weighted by Gasteiger charge is -2.35. The highest BCUT2D eigenvalue weighted by molar-refractivity contribution is 6.00. The molecule has 2 aromatic carbocycles. The van der Waals surface area contributed by atoms with Crippen molar-refractivity contribution in [2.75, 3.05) is 7.05 Å². The topological polar surface area (TPSA) is 78.9 Å². The monoisotopic (exact) mass is 506 g/mol. The van der Waals surface area contributed by atoms with Gasteiger partial charge >= 0.3 is 12.3 Å². The molecule has 2 N–H and O–H groups in total. The standard InChI is InChI=1S/C27H33F3N2O4/c1-26(2,3)36-25(35)32(4)22-12-10-21(11-13-22)31-16-20-15-19(9-14-23(20)33)17-5-7-18(8-6-17)24(34)27(28,29)30/h5-9,14-15,21-22,31,33H,10-13,16H2,1-4H3/t21-,22-. The third-order valence-corrected chi connectivity index (χ3v) is 6.32. The first-order chi connectivity index (χ1) is 16.7. The summed E-state index contributed by atoms with van der Waals surface area (Å²) in [4.78, 5) is 25.4. The molecule has 1 fully saturated rings. The minimum Gasteiger partial charge on any atom is -0.508 e. The number of amides is 1. The van der Waals surface area contributed by atoms with E-state index < -0.39 is 23.1 Å². The second kappa shape index (κ2) is 10.9. The van der Waals surface area contributed by atoms with E-state index in [-0.39, 0.29) is 23.9 Å². The van der Waals surface area contributed by atoms with Gasteiger partial charge in [0.2, 0.25) is 0 Å². The zero-order chi connectivity index (χ0) is 26.7. The summed E-state index contributed by atoms with van der Waals surface area (Å²) >= 11 is 0. The Bertz CT molecular complexity index is 1070. The number of hydrogen-bond acceptors (Lipinski definition) is 5. The third-order valence-electron chi connectivity index (χ3n) is 6.32. The van der Waals surface area contributed by atoms with Gasteiger partial charge in [-0.1, -0.05) is 30.3 Å². The Morgan fingerprint density at radius 2 is 1.58 bits per heavy atom. The van der Waals surface area contributed by atoms with Crippen molar-refractivity contribution in [3.05, 3.63) is 53.6 Å². The predicted molar refractivity (Wildman–Crippen MR) is 131 cm³/mol. The van der Waals surface area contributed by atoms with Crippen LogP contribution in [0.5, 0.6) is 5.75 Å². The number of carbonyl (C=O) groups is 2. The van der Waals surface area contributed by atoms with Crippen LogP contribution in [0.4, 0.5) is 18.0 Å². The molecular weight excluding hydrogens is 473 g/mol. The van der Waals surface area contributed by atoms with Gasteiger partial charge in [-0.2, -0.15) is 13.2 Å². The molecule has 0 saturated heterocycles. The summed E-state index contributed by atoms with van der Waals surface area (Å²) in [6.45, 7) is 5.94. The molecule has 0 unspecified atom stereocenters. The highest BCUT2D eigenvalue weighted by atomic mass is 19.4. The van der Waals surface area contributed by atoms with Crippen LogP contribution in [0.2, 0.25) is 0 Å².